The fourth-order valence-corrected chi connectivity index (χ4v) is 1.23. The average molecular weight is 196 g/mol. The highest BCUT2D eigenvalue weighted by Gasteiger charge is 2.32. The zero-order valence-electron chi connectivity index (χ0n) is 9.03. The van der Waals surface area contributed by atoms with Crippen LogP contribution in [0.2, 0.25) is 0 Å². The Bertz CT molecular complexity index is 265. The van der Waals surface area contributed by atoms with E-state index in [9.17, 15) is 4.79 Å². The molecular formula is C11H16O3. The van der Waals surface area contributed by atoms with Gasteiger partial charge >= 0.3 is 0 Å². The Balaban J connectivity index is 2.84. The fraction of sp³-hybridized carbons (Fsp3) is 0.545. The van der Waals surface area contributed by atoms with Crippen LogP contribution in [0.15, 0.2) is 24.3 Å². The second kappa shape index (κ2) is 3.67. The molecule has 0 aromatic rings. The minimum Gasteiger partial charge on any atom is -0.346 e. The summed E-state index contributed by atoms with van der Waals surface area (Å²) < 4.78 is 11.0. The minimum absolute atomic E-state index is 0.0461. The lowest BCUT2D eigenvalue weighted by molar-refractivity contribution is -0.208. The van der Waals surface area contributed by atoms with E-state index in [-0.39, 0.29) is 11.4 Å². The Morgan fingerprint density at radius 1 is 1.21 bits per heavy atom. The largest absolute Gasteiger partial charge is 0.346 e. The first-order valence-corrected chi connectivity index (χ1v) is 4.55. The van der Waals surface area contributed by atoms with E-state index in [1.165, 1.54) is 12.2 Å². The molecular weight excluding hydrogens is 180 g/mol. The van der Waals surface area contributed by atoms with Gasteiger partial charge in [-0.2, -0.15) is 0 Å². The summed E-state index contributed by atoms with van der Waals surface area (Å²) in [4.78, 5) is 10.9. The summed E-state index contributed by atoms with van der Waals surface area (Å²) in [6, 6.07) is 0. The lowest BCUT2D eigenvalue weighted by atomic mass is 10.1. The molecule has 0 aromatic carbocycles. The predicted molar refractivity (Wildman–Crippen MR) is 53.9 cm³/mol. The Hall–Kier alpha value is -0.930. The molecule has 0 heterocycles. The minimum atomic E-state index is -0.897. The van der Waals surface area contributed by atoms with Crippen LogP contribution in [0.3, 0.4) is 0 Å². The molecule has 0 amide bonds. The first kappa shape index (κ1) is 11.1. The molecule has 0 saturated heterocycles. The van der Waals surface area contributed by atoms with E-state index in [1.54, 1.807) is 19.3 Å². The number of carbonyl (C=O) groups is 1. The highest BCUT2D eigenvalue weighted by Crippen LogP contribution is 2.26. The monoisotopic (exact) mass is 196 g/mol. The Labute approximate surface area is 84.4 Å². The zero-order valence-corrected chi connectivity index (χ0v) is 9.03. The van der Waals surface area contributed by atoms with Crippen molar-refractivity contribution in [3.8, 4) is 0 Å². The number of rotatable bonds is 2. The van der Waals surface area contributed by atoms with Crippen molar-refractivity contribution in [2.45, 2.75) is 32.2 Å². The van der Waals surface area contributed by atoms with Crippen LogP contribution in [-0.2, 0) is 14.3 Å². The molecule has 0 aromatic heterocycles. The molecule has 78 valence electrons. The van der Waals surface area contributed by atoms with Crippen molar-refractivity contribution in [3.05, 3.63) is 24.3 Å². The third-order valence-corrected chi connectivity index (χ3v) is 1.74. The number of ketones is 1. The van der Waals surface area contributed by atoms with Crippen LogP contribution in [-0.4, -0.2) is 24.3 Å². The van der Waals surface area contributed by atoms with Gasteiger partial charge in [0.05, 0.1) is 5.60 Å². The van der Waals surface area contributed by atoms with Gasteiger partial charge in [-0.05, 0) is 45.1 Å². The quantitative estimate of drug-likeness (QED) is 0.632. The summed E-state index contributed by atoms with van der Waals surface area (Å²) in [5.41, 5.74) is -0.328. The third kappa shape index (κ3) is 2.79. The number of ether oxygens (including phenoxy) is 2. The smallest absolute Gasteiger partial charge is 0.209 e. The van der Waals surface area contributed by atoms with Crippen molar-refractivity contribution < 1.29 is 14.3 Å². The Morgan fingerprint density at radius 2 is 1.71 bits per heavy atom. The van der Waals surface area contributed by atoms with Crippen molar-refractivity contribution in [3.63, 3.8) is 0 Å². The van der Waals surface area contributed by atoms with Crippen molar-refractivity contribution >= 4 is 5.78 Å². The van der Waals surface area contributed by atoms with E-state index in [4.69, 9.17) is 9.47 Å². The number of carbonyl (C=O) groups excluding carboxylic acids is 1. The van der Waals surface area contributed by atoms with E-state index >= 15 is 0 Å². The molecule has 0 unspecified atom stereocenters. The molecule has 14 heavy (non-hydrogen) atoms. The van der Waals surface area contributed by atoms with Crippen molar-refractivity contribution in [1.29, 1.82) is 0 Å². The Morgan fingerprint density at radius 3 is 2.07 bits per heavy atom. The maximum atomic E-state index is 10.9. The molecule has 0 spiro atoms. The molecule has 3 nitrogen and oxygen atoms in total. The summed E-state index contributed by atoms with van der Waals surface area (Å²) in [5, 5.41) is 0. The second-order valence-electron chi connectivity index (χ2n) is 4.21. The van der Waals surface area contributed by atoms with Gasteiger partial charge in [0.2, 0.25) is 5.79 Å². The Kier molecular flexibility index (Phi) is 2.92. The predicted octanol–water partition coefficient (Wildman–Crippen LogP) is 1.84. The van der Waals surface area contributed by atoms with E-state index in [1.807, 2.05) is 20.8 Å². The van der Waals surface area contributed by atoms with E-state index in [2.05, 4.69) is 0 Å². The summed E-state index contributed by atoms with van der Waals surface area (Å²) in [7, 11) is 1.55. The van der Waals surface area contributed by atoms with Gasteiger partial charge in [0, 0.05) is 7.11 Å². The van der Waals surface area contributed by atoms with Crippen LogP contribution in [0.25, 0.3) is 0 Å². The van der Waals surface area contributed by atoms with Gasteiger partial charge in [-0.15, -0.1) is 0 Å². The standard InChI is InChI=1S/C11H16O3/c1-10(2,3)14-11(13-4)7-5-9(12)6-8-11/h5-8H,1-4H3. The topological polar surface area (TPSA) is 35.5 Å². The molecule has 1 aliphatic carbocycles. The first-order chi connectivity index (χ1) is 6.37. The second-order valence-corrected chi connectivity index (χ2v) is 4.21. The van der Waals surface area contributed by atoms with Crippen molar-refractivity contribution in [2.24, 2.45) is 0 Å². The first-order valence-electron chi connectivity index (χ1n) is 4.55. The normalized spacial score (nSPS) is 20.1. The van der Waals surface area contributed by atoms with Crippen molar-refractivity contribution in [1.82, 2.24) is 0 Å². The summed E-state index contributed by atoms with van der Waals surface area (Å²) >= 11 is 0. The molecule has 1 aliphatic rings. The molecule has 3 heteroatoms. The highest BCUT2D eigenvalue weighted by molar-refractivity contribution is 6.00. The molecule has 0 radical (unpaired) electrons. The molecule has 0 aliphatic heterocycles. The number of hydrogen-bond acceptors (Lipinski definition) is 3. The van der Waals surface area contributed by atoms with Crippen LogP contribution in [0, 0.1) is 0 Å². The lowest BCUT2D eigenvalue weighted by Gasteiger charge is -2.34. The van der Waals surface area contributed by atoms with Crippen molar-refractivity contribution in [2.75, 3.05) is 7.11 Å². The number of hydrogen-bond donors (Lipinski definition) is 0. The molecule has 0 fully saturated rings. The third-order valence-electron chi connectivity index (χ3n) is 1.74. The van der Waals surface area contributed by atoms with Gasteiger partial charge in [-0.1, -0.05) is 0 Å². The van der Waals surface area contributed by atoms with E-state index in [0.717, 1.165) is 0 Å². The summed E-state index contributed by atoms with van der Waals surface area (Å²) in [6.07, 6.45) is 6.16. The average Bonchev–Trinajstić information content (AvgIpc) is 2.07. The zero-order chi connectivity index (χ0) is 10.8. The molecule has 0 atom stereocenters. The van der Waals surface area contributed by atoms with Crippen LogP contribution < -0.4 is 0 Å². The number of allylic oxidation sites excluding steroid dienone is 2. The van der Waals surface area contributed by atoms with Crippen LogP contribution in [0.1, 0.15) is 20.8 Å². The molecule has 0 N–H and O–H groups in total. The molecule has 1 rings (SSSR count). The van der Waals surface area contributed by atoms with E-state index in [0.29, 0.717) is 0 Å². The van der Waals surface area contributed by atoms with Gasteiger partial charge in [0.25, 0.3) is 0 Å². The van der Waals surface area contributed by atoms with Gasteiger partial charge in [-0.3, -0.25) is 4.79 Å². The molecule has 0 bridgehead atoms. The SMILES string of the molecule is COC1(OC(C)(C)C)C=CC(=O)C=C1. The maximum Gasteiger partial charge on any atom is 0.209 e. The summed E-state index contributed by atoms with van der Waals surface area (Å²) in [6.45, 7) is 5.81. The van der Waals surface area contributed by atoms with Gasteiger partial charge < -0.3 is 9.47 Å². The summed E-state index contributed by atoms with van der Waals surface area (Å²) in [5.74, 6) is -0.943. The fourth-order valence-electron chi connectivity index (χ4n) is 1.23. The van der Waals surface area contributed by atoms with E-state index < -0.39 is 5.79 Å². The van der Waals surface area contributed by atoms with Crippen LogP contribution >= 0.6 is 0 Å². The highest BCUT2D eigenvalue weighted by atomic mass is 16.7. The molecule has 0 saturated carbocycles. The van der Waals surface area contributed by atoms with Gasteiger partial charge in [0.1, 0.15) is 0 Å². The lowest BCUT2D eigenvalue weighted by Crippen LogP contribution is -2.39. The van der Waals surface area contributed by atoms with Gasteiger partial charge in [-0.25, -0.2) is 0 Å². The van der Waals surface area contributed by atoms with Gasteiger partial charge in [0.15, 0.2) is 5.78 Å². The number of methoxy groups -OCH3 is 1. The maximum absolute atomic E-state index is 10.9. The van der Waals surface area contributed by atoms with Crippen LogP contribution in [0.5, 0.6) is 0 Å². The van der Waals surface area contributed by atoms with Crippen LogP contribution in [0.4, 0.5) is 0 Å².